The van der Waals surface area contributed by atoms with E-state index in [9.17, 15) is 4.79 Å². The van der Waals surface area contributed by atoms with E-state index < -0.39 is 5.97 Å². The number of fused-ring (bicyclic) bond motifs is 1. The van der Waals surface area contributed by atoms with Gasteiger partial charge in [0.1, 0.15) is 0 Å². The van der Waals surface area contributed by atoms with Crippen LogP contribution in [0.25, 0.3) is 5.65 Å². The molecule has 0 spiro atoms. The molecule has 1 N–H and O–H groups in total. The first-order chi connectivity index (χ1) is 5.79. The number of hydrogen-bond acceptors (Lipinski definition) is 3. The first-order valence-electron chi connectivity index (χ1n) is 3.32. The zero-order chi connectivity index (χ0) is 8.55. The van der Waals surface area contributed by atoms with Crippen LogP contribution in [-0.4, -0.2) is 25.7 Å². The van der Waals surface area contributed by atoms with Crippen LogP contribution in [0.4, 0.5) is 0 Å². The second kappa shape index (κ2) is 4.29. The van der Waals surface area contributed by atoms with Gasteiger partial charge in [-0.1, -0.05) is 6.07 Å². The maximum atomic E-state index is 10.6. The zero-order valence-corrected chi connectivity index (χ0v) is 10.1. The van der Waals surface area contributed by atoms with Crippen LogP contribution in [0.1, 0.15) is 12.0 Å². The topological polar surface area (TPSA) is 67.5 Å². The molecule has 2 aromatic rings. The monoisotopic (exact) mass is 203 g/mol. The van der Waals surface area contributed by atoms with Crippen LogP contribution in [0.3, 0.4) is 0 Å². The van der Waals surface area contributed by atoms with E-state index in [2.05, 4.69) is 10.2 Å². The third-order valence-electron chi connectivity index (χ3n) is 1.51. The van der Waals surface area contributed by atoms with Crippen molar-refractivity contribution in [3.8, 4) is 0 Å². The minimum atomic E-state index is -1.08. The molecule has 0 unspecified atom stereocenters. The van der Waals surface area contributed by atoms with Crippen molar-refractivity contribution >= 4 is 11.6 Å². The summed E-state index contributed by atoms with van der Waals surface area (Å²) in [6, 6.07) is 5.19. The molecule has 0 aliphatic carbocycles. The minimum Gasteiger partial charge on any atom is -1.00 e. The van der Waals surface area contributed by atoms with Gasteiger partial charge in [0.2, 0.25) is 5.82 Å². The SMILES string of the molecule is O=C(O)c1nnc2ccccn12.[H-].[K+]. The second-order valence-corrected chi connectivity index (χ2v) is 2.26. The Morgan fingerprint density at radius 1 is 1.46 bits per heavy atom. The Labute approximate surface area is 118 Å². The van der Waals surface area contributed by atoms with E-state index in [1.54, 1.807) is 24.4 Å². The Hall–Kier alpha value is -0.274. The summed E-state index contributed by atoms with van der Waals surface area (Å²) in [7, 11) is 0. The van der Waals surface area contributed by atoms with Gasteiger partial charge in [0.25, 0.3) is 0 Å². The molecule has 62 valence electrons. The summed E-state index contributed by atoms with van der Waals surface area (Å²) in [4.78, 5) is 10.6. The molecule has 0 fully saturated rings. The van der Waals surface area contributed by atoms with E-state index in [4.69, 9.17) is 5.11 Å². The van der Waals surface area contributed by atoms with Gasteiger partial charge in [0.05, 0.1) is 0 Å². The van der Waals surface area contributed by atoms with Crippen molar-refractivity contribution in [2.75, 3.05) is 0 Å². The maximum Gasteiger partial charge on any atom is 1.00 e. The first-order valence-corrected chi connectivity index (χ1v) is 3.32. The van der Waals surface area contributed by atoms with Crippen LogP contribution in [0.15, 0.2) is 24.4 Å². The van der Waals surface area contributed by atoms with E-state index >= 15 is 0 Å². The van der Waals surface area contributed by atoms with E-state index in [1.165, 1.54) is 4.40 Å². The standard InChI is InChI=1S/C7H5N3O2.K.H/c11-7(12)6-9-8-5-3-1-2-4-10(5)6;;/h1-4H,(H,11,12);;/q;+1;-1. The Morgan fingerprint density at radius 3 is 2.92 bits per heavy atom. The largest absolute Gasteiger partial charge is 1.00 e. The molecule has 0 atom stereocenters. The van der Waals surface area contributed by atoms with Crippen LogP contribution < -0.4 is 51.4 Å². The van der Waals surface area contributed by atoms with Gasteiger partial charge >= 0.3 is 57.4 Å². The molecule has 5 nitrogen and oxygen atoms in total. The van der Waals surface area contributed by atoms with Crippen molar-refractivity contribution < 1.29 is 62.7 Å². The third-order valence-corrected chi connectivity index (χ3v) is 1.51. The van der Waals surface area contributed by atoms with Crippen molar-refractivity contribution in [3.63, 3.8) is 0 Å². The molecule has 2 heterocycles. The molecule has 0 saturated carbocycles. The Morgan fingerprint density at radius 2 is 2.23 bits per heavy atom. The second-order valence-electron chi connectivity index (χ2n) is 2.26. The van der Waals surface area contributed by atoms with Crippen LogP contribution in [0, 0.1) is 0 Å². The van der Waals surface area contributed by atoms with Crippen LogP contribution in [0.5, 0.6) is 0 Å². The molecule has 0 aliphatic heterocycles. The molecule has 2 aromatic heterocycles. The molecular weight excluding hydrogens is 197 g/mol. The Kier molecular flexibility index (Phi) is 3.57. The number of aromatic nitrogens is 3. The molecule has 0 radical (unpaired) electrons. The predicted octanol–water partition coefficient (Wildman–Crippen LogP) is -2.46. The van der Waals surface area contributed by atoms with Gasteiger partial charge < -0.3 is 6.53 Å². The Balaban J connectivity index is 0.000000845. The van der Waals surface area contributed by atoms with Crippen LogP contribution in [0.2, 0.25) is 0 Å². The van der Waals surface area contributed by atoms with Gasteiger partial charge in [0, 0.05) is 6.20 Å². The number of carboxylic acid groups (broad SMARTS) is 1. The fraction of sp³-hybridized carbons (Fsp3) is 0. The van der Waals surface area contributed by atoms with Gasteiger partial charge in [-0.05, 0) is 12.1 Å². The minimum absolute atomic E-state index is 0. The van der Waals surface area contributed by atoms with E-state index in [0.29, 0.717) is 5.65 Å². The molecular formula is C7H6KN3O2. The Bertz CT molecular complexity index is 445. The summed E-state index contributed by atoms with van der Waals surface area (Å²) < 4.78 is 1.42. The summed E-state index contributed by atoms with van der Waals surface area (Å²) >= 11 is 0. The molecule has 2 rings (SSSR count). The normalized spacial score (nSPS) is 9.54. The van der Waals surface area contributed by atoms with Crippen molar-refractivity contribution in [3.05, 3.63) is 30.2 Å². The smallest absolute Gasteiger partial charge is 1.00 e. The number of rotatable bonds is 1. The molecule has 13 heavy (non-hydrogen) atoms. The predicted molar refractivity (Wildman–Crippen MR) is 41.1 cm³/mol. The molecule has 0 amide bonds. The number of aromatic carboxylic acids is 1. The number of nitrogens with zero attached hydrogens (tertiary/aromatic N) is 3. The van der Waals surface area contributed by atoms with Gasteiger partial charge in [-0.15, -0.1) is 10.2 Å². The van der Waals surface area contributed by atoms with Crippen molar-refractivity contribution in [2.45, 2.75) is 0 Å². The van der Waals surface area contributed by atoms with Gasteiger partial charge in [-0.2, -0.15) is 0 Å². The fourth-order valence-electron chi connectivity index (χ4n) is 0.987. The van der Waals surface area contributed by atoms with Crippen molar-refractivity contribution in [1.82, 2.24) is 14.6 Å². The average Bonchev–Trinajstić information content (AvgIpc) is 2.47. The molecule has 0 saturated heterocycles. The summed E-state index contributed by atoms with van der Waals surface area (Å²) in [5.74, 6) is -1.14. The van der Waals surface area contributed by atoms with Gasteiger partial charge in [-0.25, -0.2) is 4.79 Å². The quantitative estimate of drug-likeness (QED) is 0.522. The summed E-state index contributed by atoms with van der Waals surface area (Å²) in [5, 5.41) is 15.8. The number of hydrogen-bond donors (Lipinski definition) is 1. The van der Waals surface area contributed by atoms with Gasteiger partial charge in [0.15, 0.2) is 5.65 Å². The maximum absolute atomic E-state index is 10.6. The molecule has 0 bridgehead atoms. The molecule has 0 aromatic carbocycles. The van der Waals surface area contributed by atoms with Crippen LogP contribution >= 0.6 is 0 Å². The fourth-order valence-corrected chi connectivity index (χ4v) is 0.987. The number of pyridine rings is 1. The summed E-state index contributed by atoms with van der Waals surface area (Å²) in [5.41, 5.74) is 0.537. The van der Waals surface area contributed by atoms with Crippen LogP contribution in [-0.2, 0) is 0 Å². The summed E-state index contributed by atoms with van der Waals surface area (Å²) in [6.07, 6.45) is 1.61. The van der Waals surface area contributed by atoms with E-state index in [1.807, 2.05) is 0 Å². The third kappa shape index (κ3) is 1.97. The van der Waals surface area contributed by atoms with E-state index in [-0.39, 0.29) is 58.6 Å². The number of carboxylic acids is 1. The van der Waals surface area contributed by atoms with Crippen molar-refractivity contribution in [1.29, 1.82) is 0 Å². The number of carbonyl (C=O) groups is 1. The summed E-state index contributed by atoms with van der Waals surface area (Å²) in [6.45, 7) is 0. The van der Waals surface area contributed by atoms with E-state index in [0.717, 1.165) is 0 Å². The first kappa shape index (κ1) is 10.8. The van der Waals surface area contributed by atoms with Crippen molar-refractivity contribution in [2.24, 2.45) is 0 Å². The molecule has 0 aliphatic rings. The molecule has 6 heteroatoms. The average molecular weight is 203 g/mol. The zero-order valence-electron chi connectivity index (χ0n) is 8.01. The van der Waals surface area contributed by atoms with Gasteiger partial charge in [-0.3, -0.25) is 4.40 Å².